The van der Waals surface area contributed by atoms with Crippen LogP contribution in [0.2, 0.25) is 0 Å². The lowest BCUT2D eigenvalue weighted by atomic mass is 10.0. The number of nitrogens with one attached hydrogen (secondary N) is 1. The average Bonchev–Trinajstić information content (AvgIpc) is 2.50. The van der Waals surface area contributed by atoms with E-state index in [1.54, 1.807) is 6.92 Å². The van der Waals surface area contributed by atoms with Crippen LogP contribution in [-0.4, -0.2) is 12.1 Å². The first kappa shape index (κ1) is 9.89. The van der Waals surface area contributed by atoms with Crippen molar-refractivity contribution in [2.75, 3.05) is 0 Å². The van der Waals surface area contributed by atoms with Crippen molar-refractivity contribution >= 4 is 6.09 Å². The molecule has 0 radical (unpaired) electrons. The number of cyclic esters (lactones) is 1. The number of rotatable bonds is 1. The highest BCUT2D eigenvalue weighted by Crippen LogP contribution is 2.28. The molecule has 2 atom stereocenters. The molecule has 1 heterocycles. The maximum absolute atomic E-state index is 13.4. The molecule has 1 amide bonds. The molecule has 1 aliphatic rings. The van der Waals surface area contributed by atoms with E-state index >= 15 is 0 Å². The maximum Gasteiger partial charge on any atom is 0.408 e. The molecule has 0 unspecified atom stereocenters. The third-order valence-electron chi connectivity index (χ3n) is 2.32. The summed E-state index contributed by atoms with van der Waals surface area (Å²) in [6.07, 6.45) is -1.38. The minimum atomic E-state index is -0.967. The highest BCUT2D eigenvalue weighted by atomic mass is 19.2. The second-order valence-corrected chi connectivity index (χ2v) is 3.40. The summed E-state index contributed by atoms with van der Waals surface area (Å²) in [5.41, 5.74) is 0.0563. The summed E-state index contributed by atoms with van der Waals surface area (Å²) in [7, 11) is 0. The Kier molecular flexibility index (Phi) is 2.30. The molecule has 1 fully saturated rings. The third-order valence-corrected chi connectivity index (χ3v) is 2.32. The van der Waals surface area contributed by atoms with Gasteiger partial charge in [-0.1, -0.05) is 12.1 Å². The average molecular weight is 213 g/mol. The highest BCUT2D eigenvalue weighted by Gasteiger charge is 2.34. The van der Waals surface area contributed by atoms with Gasteiger partial charge in [-0.3, -0.25) is 0 Å². The van der Waals surface area contributed by atoms with Crippen LogP contribution in [0, 0.1) is 11.6 Å². The van der Waals surface area contributed by atoms with Crippen molar-refractivity contribution in [3.63, 3.8) is 0 Å². The number of hydrogen-bond acceptors (Lipinski definition) is 2. The molecule has 0 aliphatic carbocycles. The lowest BCUT2D eigenvalue weighted by Gasteiger charge is -2.13. The van der Waals surface area contributed by atoms with E-state index in [2.05, 4.69) is 5.32 Å². The zero-order chi connectivity index (χ0) is 11.0. The number of alkyl carbamates (subject to hydrolysis) is 1. The van der Waals surface area contributed by atoms with Crippen molar-refractivity contribution in [1.29, 1.82) is 0 Å². The Morgan fingerprint density at radius 2 is 2.13 bits per heavy atom. The van der Waals surface area contributed by atoms with E-state index in [4.69, 9.17) is 4.74 Å². The Balaban J connectivity index is 2.37. The number of benzene rings is 1. The zero-order valence-electron chi connectivity index (χ0n) is 7.96. The second kappa shape index (κ2) is 3.49. The van der Waals surface area contributed by atoms with Crippen LogP contribution < -0.4 is 5.32 Å². The minimum absolute atomic E-state index is 0.0563. The van der Waals surface area contributed by atoms with Gasteiger partial charge >= 0.3 is 6.09 Å². The standard InChI is InChI=1S/C10H9F2NO2/c1-5-9(15-10(14)13-5)6-3-2-4-7(11)8(6)12/h2-5,9H,1H3,(H,13,14)/t5-,9-/m0/s1. The lowest BCUT2D eigenvalue weighted by molar-refractivity contribution is 0.131. The molecule has 0 aromatic heterocycles. The second-order valence-electron chi connectivity index (χ2n) is 3.40. The summed E-state index contributed by atoms with van der Waals surface area (Å²) in [6.45, 7) is 1.67. The van der Waals surface area contributed by atoms with E-state index in [1.807, 2.05) is 0 Å². The van der Waals surface area contributed by atoms with Gasteiger partial charge in [0.15, 0.2) is 17.7 Å². The topological polar surface area (TPSA) is 38.3 Å². The van der Waals surface area contributed by atoms with E-state index in [0.717, 1.165) is 6.07 Å². The van der Waals surface area contributed by atoms with Gasteiger partial charge in [-0.2, -0.15) is 0 Å². The fourth-order valence-electron chi connectivity index (χ4n) is 1.59. The molecule has 0 bridgehead atoms. The van der Waals surface area contributed by atoms with Crippen molar-refractivity contribution in [1.82, 2.24) is 5.32 Å². The van der Waals surface area contributed by atoms with Crippen LogP contribution in [0.25, 0.3) is 0 Å². The van der Waals surface area contributed by atoms with Crippen LogP contribution >= 0.6 is 0 Å². The first-order chi connectivity index (χ1) is 7.09. The Morgan fingerprint density at radius 1 is 1.40 bits per heavy atom. The van der Waals surface area contributed by atoms with Crippen LogP contribution in [0.15, 0.2) is 18.2 Å². The number of amides is 1. The van der Waals surface area contributed by atoms with Gasteiger partial charge in [0, 0.05) is 5.56 Å². The van der Waals surface area contributed by atoms with Gasteiger partial charge in [0.05, 0.1) is 6.04 Å². The smallest absolute Gasteiger partial charge is 0.408 e. The summed E-state index contributed by atoms with van der Waals surface area (Å²) in [5, 5.41) is 2.46. The van der Waals surface area contributed by atoms with Crippen molar-refractivity contribution in [3.8, 4) is 0 Å². The van der Waals surface area contributed by atoms with Gasteiger partial charge in [-0.05, 0) is 13.0 Å². The molecule has 1 saturated heterocycles. The molecule has 80 valence electrons. The molecule has 0 spiro atoms. The summed E-state index contributed by atoms with van der Waals surface area (Å²) in [6, 6.07) is 3.44. The van der Waals surface area contributed by atoms with E-state index in [-0.39, 0.29) is 11.6 Å². The van der Waals surface area contributed by atoms with E-state index in [1.165, 1.54) is 12.1 Å². The zero-order valence-corrected chi connectivity index (χ0v) is 7.96. The van der Waals surface area contributed by atoms with Crippen molar-refractivity contribution in [3.05, 3.63) is 35.4 Å². The molecular weight excluding hydrogens is 204 g/mol. The van der Waals surface area contributed by atoms with Gasteiger partial charge in [0.1, 0.15) is 0 Å². The first-order valence-corrected chi connectivity index (χ1v) is 4.50. The number of halogens is 2. The van der Waals surface area contributed by atoms with Crippen LogP contribution in [0.4, 0.5) is 13.6 Å². The summed E-state index contributed by atoms with van der Waals surface area (Å²) < 4.78 is 31.1. The van der Waals surface area contributed by atoms with Gasteiger partial charge in [-0.15, -0.1) is 0 Å². The number of hydrogen-bond donors (Lipinski definition) is 1. The normalized spacial score (nSPS) is 24.9. The summed E-state index contributed by atoms with van der Waals surface area (Å²) in [4.78, 5) is 10.9. The van der Waals surface area contributed by atoms with E-state index in [0.29, 0.717) is 0 Å². The number of carbonyl (C=O) groups excluding carboxylic acids is 1. The Hall–Kier alpha value is -1.65. The van der Waals surface area contributed by atoms with Crippen LogP contribution in [-0.2, 0) is 4.74 Å². The molecule has 3 nitrogen and oxygen atoms in total. The monoisotopic (exact) mass is 213 g/mol. The molecular formula is C10H9F2NO2. The van der Waals surface area contributed by atoms with E-state index < -0.39 is 23.8 Å². The third kappa shape index (κ3) is 1.65. The van der Waals surface area contributed by atoms with Gasteiger partial charge < -0.3 is 10.1 Å². The molecule has 1 aliphatic heterocycles. The first-order valence-electron chi connectivity index (χ1n) is 4.50. The predicted molar refractivity (Wildman–Crippen MR) is 48.2 cm³/mol. The van der Waals surface area contributed by atoms with Gasteiger partial charge in [0.2, 0.25) is 0 Å². The van der Waals surface area contributed by atoms with Crippen molar-refractivity contribution in [2.24, 2.45) is 0 Å². The Labute approximate surface area is 85.0 Å². The predicted octanol–water partition coefficient (Wildman–Crippen LogP) is 2.13. The maximum atomic E-state index is 13.4. The Bertz CT molecular complexity index is 408. The molecule has 0 saturated carbocycles. The summed E-state index contributed by atoms with van der Waals surface area (Å²) in [5.74, 6) is -1.91. The van der Waals surface area contributed by atoms with Crippen molar-refractivity contribution < 1.29 is 18.3 Å². The van der Waals surface area contributed by atoms with Gasteiger partial charge in [0.25, 0.3) is 0 Å². The Morgan fingerprint density at radius 3 is 2.73 bits per heavy atom. The van der Waals surface area contributed by atoms with Crippen LogP contribution in [0.3, 0.4) is 0 Å². The van der Waals surface area contributed by atoms with Crippen LogP contribution in [0.5, 0.6) is 0 Å². The quantitative estimate of drug-likeness (QED) is 0.776. The summed E-state index contributed by atoms with van der Waals surface area (Å²) >= 11 is 0. The number of carbonyl (C=O) groups is 1. The SMILES string of the molecule is C[C@@H]1NC(=O)O[C@@H]1c1cccc(F)c1F. The van der Waals surface area contributed by atoms with Crippen molar-refractivity contribution in [2.45, 2.75) is 19.1 Å². The fraction of sp³-hybridized carbons (Fsp3) is 0.300. The lowest BCUT2D eigenvalue weighted by Crippen LogP contribution is -2.24. The molecule has 5 heteroatoms. The number of ether oxygens (including phenoxy) is 1. The fourth-order valence-corrected chi connectivity index (χ4v) is 1.59. The van der Waals surface area contributed by atoms with Crippen LogP contribution in [0.1, 0.15) is 18.6 Å². The molecule has 2 rings (SSSR count). The molecule has 1 N–H and O–H groups in total. The molecule has 1 aromatic rings. The molecule has 1 aromatic carbocycles. The molecule has 15 heavy (non-hydrogen) atoms. The minimum Gasteiger partial charge on any atom is -0.439 e. The largest absolute Gasteiger partial charge is 0.439 e. The van der Waals surface area contributed by atoms with Gasteiger partial charge in [-0.25, -0.2) is 13.6 Å². The van der Waals surface area contributed by atoms with E-state index in [9.17, 15) is 13.6 Å². The highest BCUT2D eigenvalue weighted by molar-refractivity contribution is 5.70.